The molecular weight excluding hydrogens is 178 g/mol. The normalized spacial score (nSPS) is 14.7. The van der Waals surface area contributed by atoms with Crippen molar-refractivity contribution >= 4 is 5.97 Å². The minimum atomic E-state index is -0.793. The predicted octanol–water partition coefficient (Wildman–Crippen LogP) is 1.46. The molecule has 1 rings (SSSR count). The second-order valence-corrected chi connectivity index (χ2v) is 3.30. The van der Waals surface area contributed by atoms with Gasteiger partial charge in [0, 0.05) is 6.04 Å². The summed E-state index contributed by atoms with van der Waals surface area (Å²) in [6.45, 7) is 1.87. The van der Waals surface area contributed by atoms with Crippen molar-refractivity contribution in [1.82, 2.24) is 5.32 Å². The molecule has 0 fully saturated rings. The number of benzene rings is 1. The topological polar surface area (TPSA) is 49.3 Å². The van der Waals surface area contributed by atoms with Gasteiger partial charge in [0.05, 0.1) is 5.92 Å². The van der Waals surface area contributed by atoms with Crippen LogP contribution >= 0.6 is 0 Å². The molecule has 0 spiro atoms. The zero-order valence-corrected chi connectivity index (χ0v) is 8.40. The van der Waals surface area contributed by atoms with E-state index in [1.807, 2.05) is 37.3 Å². The first-order chi connectivity index (χ1) is 6.66. The molecule has 14 heavy (non-hydrogen) atoms. The van der Waals surface area contributed by atoms with Crippen LogP contribution in [0.4, 0.5) is 0 Å². The van der Waals surface area contributed by atoms with Crippen LogP contribution in [0.3, 0.4) is 0 Å². The van der Waals surface area contributed by atoms with Gasteiger partial charge in [0.2, 0.25) is 0 Å². The Morgan fingerprint density at radius 1 is 1.36 bits per heavy atom. The highest BCUT2D eigenvalue weighted by atomic mass is 16.4. The first kappa shape index (κ1) is 10.7. The van der Waals surface area contributed by atoms with Gasteiger partial charge in [-0.2, -0.15) is 0 Å². The van der Waals surface area contributed by atoms with E-state index in [-0.39, 0.29) is 6.04 Å². The van der Waals surface area contributed by atoms with Crippen molar-refractivity contribution in [3.8, 4) is 0 Å². The number of likely N-dealkylation sites (N-methyl/N-ethyl adjacent to an activating group) is 1. The summed E-state index contributed by atoms with van der Waals surface area (Å²) < 4.78 is 0. The number of rotatable bonds is 4. The van der Waals surface area contributed by atoms with Gasteiger partial charge < -0.3 is 10.4 Å². The summed E-state index contributed by atoms with van der Waals surface area (Å²) in [6, 6.07) is 9.20. The molecule has 0 radical (unpaired) electrons. The number of hydrogen-bond donors (Lipinski definition) is 2. The Labute approximate surface area is 83.8 Å². The van der Waals surface area contributed by atoms with Crippen LogP contribution in [0.25, 0.3) is 0 Å². The minimum absolute atomic E-state index is 0.0742. The first-order valence-electron chi connectivity index (χ1n) is 4.62. The van der Waals surface area contributed by atoms with Crippen molar-refractivity contribution in [1.29, 1.82) is 0 Å². The molecule has 0 aliphatic heterocycles. The van der Waals surface area contributed by atoms with Gasteiger partial charge in [0.15, 0.2) is 0 Å². The van der Waals surface area contributed by atoms with E-state index in [2.05, 4.69) is 5.32 Å². The SMILES string of the molecule is CNC(C)C(C(=O)O)c1ccccc1. The van der Waals surface area contributed by atoms with Crippen LogP contribution in [0.2, 0.25) is 0 Å². The van der Waals surface area contributed by atoms with E-state index in [1.54, 1.807) is 7.05 Å². The summed E-state index contributed by atoms with van der Waals surface area (Å²) in [5.74, 6) is -1.28. The zero-order chi connectivity index (χ0) is 10.6. The van der Waals surface area contributed by atoms with Gasteiger partial charge in [0.1, 0.15) is 0 Å². The van der Waals surface area contributed by atoms with Gasteiger partial charge in [-0.25, -0.2) is 0 Å². The molecule has 0 aromatic heterocycles. The van der Waals surface area contributed by atoms with Crippen molar-refractivity contribution in [3.63, 3.8) is 0 Å². The van der Waals surface area contributed by atoms with E-state index >= 15 is 0 Å². The Kier molecular flexibility index (Phi) is 3.65. The Morgan fingerprint density at radius 3 is 2.36 bits per heavy atom. The van der Waals surface area contributed by atoms with E-state index < -0.39 is 11.9 Å². The molecule has 2 N–H and O–H groups in total. The van der Waals surface area contributed by atoms with Crippen molar-refractivity contribution in [3.05, 3.63) is 35.9 Å². The van der Waals surface area contributed by atoms with Crippen LogP contribution in [0.1, 0.15) is 18.4 Å². The maximum atomic E-state index is 11.1. The number of hydrogen-bond acceptors (Lipinski definition) is 2. The lowest BCUT2D eigenvalue weighted by Gasteiger charge is -2.19. The summed E-state index contributed by atoms with van der Waals surface area (Å²) in [7, 11) is 1.77. The highest BCUT2D eigenvalue weighted by Gasteiger charge is 2.24. The van der Waals surface area contributed by atoms with Crippen LogP contribution in [0.5, 0.6) is 0 Å². The van der Waals surface area contributed by atoms with Crippen LogP contribution in [-0.4, -0.2) is 24.2 Å². The summed E-state index contributed by atoms with van der Waals surface area (Å²) in [6.07, 6.45) is 0. The average Bonchev–Trinajstić information content (AvgIpc) is 2.19. The molecular formula is C11H15NO2. The number of carbonyl (C=O) groups is 1. The zero-order valence-electron chi connectivity index (χ0n) is 8.40. The van der Waals surface area contributed by atoms with Gasteiger partial charge in [-0.15, -0.1) is 0 Å². The molecule has 2 atom stereocenters. The van der Waals surface area contributed by atoms with E-state index in [9.17, 15) is 4.79 Å². The maximum absolute atomic E-state index is 11.1. The molecule has 0 heterocycles. The van der Waals surface area contributed by atoms with Crippen molar-refractivity contribution < 1.29 is 9.90 Å². The maximum Gasteiger partial charge on any atom is 0.312 e. The molecule has 0 aliphatic carbocycles. The lowest BCUT2D eigenvalue weighted by molar-refractivity contribution is -0.139. The third-order valence-corrected chi connectivity index (χ3v) is 2.38. The molecule has 1 aromatic carbocycles. The average molecular weight is 193 g/mol. The summed E-state index contributed by atoms with van der Waals surface area (Å²) in [5, 5.41) is 12.1. The standard InChI is InChI=1S/C11H15NO2/c1-8(12-2)10(11(13)14)9-6-4-3-5-7-9/h3-8,10,12H,1-2H3,(H,13,14). The lowest BCUT2D eigenvalue weighted by Crippen LogP contribution is -2.33. The van der Waals surface area contributed by atoms with Crippen molar-refractivity contribution in [2.45, 2.75) is 18.9 Å². The van der Waals surface area contributed by atoms with E-state index in [1.165, 1.54) is 0 Å². The fourth-order valence-corrected chi connectivity index (χ4v) is 1.47. The van der Waals surface area contributed by atoms with Crippen molar-refractivity contribution in [2.24, 2.45) is 0 Å². The quantitative estimate of drug-likeness (QED) is 0.761. The van der Waals surface area contributed by atoms with Crippen LogP contribution in [-0.2, 0) is 4.79 Å². The number of carboxylic acids is 1. The third kappa shape index (κ3) is 2.33. The highest BCUT2D eigenvalue weighted by molar-refractivity contribution is 5.77. The van der Waals surface area contributed by atoms with Gasteiger partial charge in [-0.05, 0) is 19.5 Å². The monoisotopic (exact) mass is 193 g/mol. The van der Waals surface area contributed by atoms with Gasteiger partial charge in [-0.3, -0.25) is 4.79 Å². The third-order valence-electron chi connectivity index (χ3n) is 2.38. The molecule has 2 unspecified atom stereocenters. The van der Waals surface area contributed by atoms with Gasteiger partial charge in [-0.1, -0.05) is 30.3 Å². The Hall–Kier alpha value is -1.35. The number of aliphatic carboxylic acids is 1. The smallest absolute Gasteiger partial charge is 0.312 e. The molecule has 0 bridgehead atoms. The molecule has 3 heteroatoms. The van der Waals surface area contributed by atoms with Crippen LogP contribution in [0.15, 0.2) is 30.3 Å². The minimum Gasteiger partial charge on any atom is -0.481 e. The Bertz CT molecular complexity index is 297. The van der Waals surface area contributed by atoms with Crippen LogP contribution < -0.4 is 5.32 Å². The lowest BCUT2D eigenvalue weighted by atomic mass is 9.93. The fourth-order valence-electron chi connectivity index (χ4n) is 1.47. The Morgan fingerprint density at radius 2 is 1.93 bits per heavy atom. The highest BCUT2D eigenvalue weighted by Crippen LogP contribution is 2.19. The first-order valence-corrected chi connectivity index (χ1v) is 4.62. The molecule has 3 nitrogen and oxygen atoms in total. The molecule has 0 saturated carbocycles. The summed E-state index contributed by atoms with van der Waals surface area (Å²) in [5.41, 5.74) is 0.835. The predicted molar refractivity (Wildman–Crippen MR) is 55.3 cm³/mol. The van der Waals surface area contributed by atoms with E-state index in [0.717, 1.165) is 5.56 Å². The largest absolute Gasteiger partial charge is 0.481 e. The second-order valence-electron chi connectivity index (χ2n) is 3.30. The number of nitrogens with one attached hydrogen (secondary N) is 1. The summed E-state index contributed by atoms with van der Waals surface area (Å²) >= 11 is 0. The second kappa shape index (κ2) is 4.77. The van der Waals surface area contributed by atoms with E-state index in [0.29, 0.717) is 0 Å². The Balaban J connectivity index is 2.95. The summed E-state index contributed by atoms with van der Waals surface area (Å²) in [4.78, 5) is 11.1. The molecule has 76 valence electrons. The van der Waals surface area contributed by atoms with Gasteiger partial charge >= 0.3 is 5.97 Å². The van der Waals surface area contributed by atoms with Crippen LogP contribution in [0, 0.1) is 0 Å². The molecule has 1 aromatic rings. The fraction of sp³-hybridized carbons (Fsp3) is 0.364. The number of carboxylic acid groups (broad SMARTS) is 1. The molecule has 0 saturated heterocycles. The van der Waals surface area contributed by atoms with Gasteiger partial charge in [0.25, 0.3) is 0 Å². The molecule has 0 amide bonds. The van der Waals surface area contributed by atoms with Crippen molar-refractivity contribution in [2.75, 3.05) is 7.05 Å². The molecule has 0 aliphatic rings. The van der Waals surface area contributed by atoms with E-state index in [4.69, 9.17) is 5.11 Å².